The zero-order chi connectivity index (χ0) is 11.4. The second-order valence-corrected chi connectivity index (χ2v) is 4.26. The predicted molar refractivity (Wildman–Crippen MR) is 64.2 cm³/mol. The molecule has 2 N–H and O–H groups in total. The third-order valence-corrected chi connectivity index (χ3v) is 3.05. The molecule has 1 amide bonds. The van der Waals surface area contributed by atoms with Crippen LogP contribution in [0.2, 0.25) is 0 Å². The van der Waals surface area contributed by atoms with Gasteiger partial charge in [0.05, 0.1) is 6.04 Å². The monoisotopic (exact) mass is 218 g/mol. The summed E-state index contributed by atoms with van der Waals surface area (Å²) >= 11 is 0. The van der Waals surface area contributed by atoms with Crippen molar-refractivity contribution in [1.82, 2.24) is 10.6 Å². The summed E-state index contributed by atoms with van der Waals surface area (Å²) in [5, 5.41) is 6.34. The SMILES string of the molecule is CCC1CNC(=O)[C@@H](Cc2ccccc2)N1. The summed E-state index contributed by atoms with van der Waals surface area (Å²) in [7, 11) is 0. The summed E-state index contributed by atoms with van der Waals surface area (Å²) in [5.74, 6) is 0.119. The van der Waals surface area contributed by atoms with E-state index in [1.807, 2.05) is 18.2 Å². The predicted octanol–water partition coefficient (Wildman–Crippen LogP) is 1.10. The largest absolute Gasteiger partial charge is 0.353 e. The number of carbonyl (C=O) groups excluding carboxylic acids is 1. The standard InChI is InChI=1S/C13H18N2O/c1-2-11-9-14-13(16)12(15-11)8-10-6-4-3-5-7-10/h3-7,11-12,15H,2,8-9H2,1H3,(H,14,16)/t11?,12-/m1/s1. The molecule has 1 unspecified atom stereocenters. The lowest BCUT2D eigenvalue weighted by atomic mass is 10.0. The lowest BCUT2D eigenvalue weighted by molar-refractivity contribution is -0.125. The van der Waals surface area contributed by atoms with E-state index in [1.165, 1.54) is 5.56 Å². The molecule has 1 aromatic carbocycles. The van der Waals surface area contributed by atoms with Gasteiger partial charge in [0.25, 0.3) is 0 Å². The Kier molecular flexibility index (Phi) is 3.57. The average Bonchev–Trinajstić information content (AvgIpc) is 2.33. The van der Waals surface area contributed by atoms with E-state index >= 15 is 0 Å². The Hall–Kier alpha value is -1.35. The van der Waals surface area contributed by atoms with E-state index in [9.17, 15) is 4.79 Å². The van der Waals surface area contributed by atoms with E-state index in [4.69, 9.17) is 0 Å². The van der Waals surface area contributed by atoms with Gasteiger partial charge in [-0.25, -0.2) is 0 Å². The zero-order valence-electron chi connectivity index (χ0n) is 9.57. The molecular weight excluding hydrogens is 200 g/mol. The first kappa shape index (κ1) is 11.1. The molecule has 1 aliphatic rings. The van der Waals surface area contributed by atoms with Crippen molar-refractivity contribution in [3.63, 3.8) is 0 Å². The molecule has 0 aliphatic carbocycles. The Balaban J connectivity index is 2.00. The van der Waals surface area contributed by atoms with E-state index < -0.39 is 0 Å². The zero-order valence-corrected chi connectivity index (χ0v) is 9.57. The molecule has 1 fully saturated rings. The van der Waals surface area contributed by atoms with E-state index in [-0.39, 0.29) is 11.9 Å². The van der Waals surface area contributed by atoms with Gasteiger partial charge in [-0.3, -0.25) is 4.79 Å². The summed E-state index contributed by atoms with van der Waals surface area (Å²) in [4.78, 5) is 11.7. The number of piperazine rings is 1. The first-order valence-electron chi connectivity index (χ1n) is 5.87. The summed E-state index contributed by atoms with van der Waals surface area (Å²) < 4.78 is 0. The van der Waals surface area contributed by atoms with Crippen LogP contribution in [0.3, 0.4) is 0 Å². The van der Waals surface area contributed by atoms with E-state index in [1.54, 1.807) is 0 Å². The van der Waals surface area contributed by atoms with Gasteiger partial charge in [0.15, 0.2) is 0 Å². The van der Waals surface area contributed by atoms with Crippen LogP contribution >= 0.6 is 0 Å². The Morgan fingerprint density at radius 1 is 1.31 bits per heavy atom. The van der Waals surface area contributed by atoms with Crippen molar-refractivity contribution < 1.29 is 4.79 Å². The number of rotatable bonds is 3. The molecule has 1 aromatic rings. The third-order valence-electron chi connectivity index (χ3n) is 3.05. The van der Waals surface area contributed by atoms with Gasteiger partial charge >= 0.3 is 0 Å². The molecule has 1 aliphatic heterocycles. The first-order valence-corrected chi connectivity index (χ1v) is 5.87. The minimum atomic E-state index is -0.0823. The van der Waals surface area contributed by atoms with Crippen molar-refractivity contribution in [3.8, 4) is 0 Å². The molecule has 0 saturated carbocycles. The summed E-state index contributed by atoms with van der Waals surface area (Å²) in [6, 6.07) is 10.5. The van der Waals surface area contributed by atoms with E-state index in [0.717, 1.165) is 19.4 Å². The third kappa shape index (κ3) is 2.61. The molecule has 2 rings (SSSR count). The normalized spacial score (nSPS) is 25.2. The molecule has 0 aromatic heterocycles. The fraction of sp³-hybridized carbons (Fsp3) is 0.462. The summed E-state index contributed by atoms with van der Waals surface area (Å²) in [6.45, 7) is 2.88. The van der Waals surface area contributed by atoms with E-state index in [2.05, 4.69) is 29.7 Å². The highest BCUT2D eigenvalue weighted by Crippen LogP contribution is 2.07. The highest BCUT2D eigenvalue weighted by Gasteiger charge is 2.26. The van der Waals surface area contributed by atoms with E-state index in [0.29, 0.717) is 6.04 Å². The molecule has 0 radical (unpaired) electrons. The van der Waals surface area contributed by atoms with Crippen molar-refractivity contribution in [2.75, 3.05) is 6.54 Å². The van der Waals surface area contributed by atoms with Crippen molar-refractivity contribution in [1.29, 1.82) is 0 Å². The van der Waals surface area contributed by atoms with Crippen molar-refractivity contribution in [2.45, 2.75) is 31.8 Å². The second-order valence-electron chi connectivity index (χ2n) is 4.26. The Morgan fingerprint density at radius 2 is 2.06 bits per heavy atom. The number of benzene rings is 1. The quantitative estimate of drug-likeness (QED) is 0.797. The van der Waals surface area contributed by atoms with Crippen LogP contribution < -0.4 is 10.6 Å². The minimum absolute atomic E-state index is 0.0823. The molecule has 3 nitrogen and oxygen atoms in total. The Morgan fingerprint density at radius 3 is 2.75 bits per heavy atom. The van der Waals surface area contributed by atoms with Crippen LogP contribution in [0.15, 0.2) is 30.3 Å². The molecular formula is C13H18N2O. The number of nitrogens with one attached hydrogen (secondary N) is 2. The molecule has 2 atom stereocenters. The maximum atomic E-state index is 11.7. The van der Waals surface area contributed by atoms with Crippen molar-refractivity contribution in [3.05, 3.63) is 35.9 Å². The fourth-order valence-electron chi connectivity index (χ4n) is 2.03. The summed E-state index contributed by atoms with van der Waals surface area (Å²) in [6.07, 6.45) is 1.81. The summed E-state index contributed by atoms with van der Waals surface area (Å²) in [5.41, 5.74) is 1.20. The maximum Gasteiger partial charge on any atom is 0.237 e. The van der Waals surface area contributed by atoms with Gasteiger partial charge in [0.2, 0.25) is 5.91 Å². The molecule has 86 valence electrons. The van der Waals surface area contributed by atoms with Crippen LogP contribution in [0, 0.1) is 0 Å². The Labute approximate surface area is 96.2 Å². The molecule has 1 heterocycles. The number of carbonyl (C=O) groups is 1. The highest BCUT2D eigenvalue weighted by atomic mass is 16.2. The van der Waals surface area contributed by atoms with Crippen LogP contribution in [-0.4, -0.2) is 24.5 Å². The smallest absolute Gasteiger partial charge is 0.237 e. The number of amides is 1. The first-order chi connectivity index (χ1) is 7.79. The van der Waals surface area contributed by atoms with Crippen molar-refractivity contribution in [2.24, 2.45) is 0 Å². The molecule has 1 saturated heterocycles. The van der Waals surface area contributed by atoms with Gasteiger partial charge in [0, 0.05) is 12.6 Å². The van der Waals surface area contributed by atoms with Gasteiger partial charge < -0.3 is 10.6 Å². The van der Waals surface area contributed by atoms with Crippen LogP contribution in [0.1, 0.15) is 18.9 Å². The highest BCUT2D eigenvalue weighted by molar-refractivity contribution is 5.82. The van der Waals surface area contributed by atoms with Crippen LogP contribution in [0.4, 0.5) is 0 Å². The van der Waals surface area contributed by atoms with Gasteiger partial charge in [-0.05, 0) is 18.4 Å². The lowest BCUT2D eigenvalue weighted by Crippen LogP contribution is -2.58. The van der Waals surface area contributed by atoms with Crippen molar-refractivity contribution >= 4 is 5.91 Å². The lowest BCUT2D eigenvalue weighted by Gasteiger charge is -2.30. The molecule has 16 heavy (non-hydrogen) atoms. The van der Waals surface area contributed by atoms with Crippen LogP contribution in [0.5, 0.6) is 0 Å². The van der Waals surface area contributed by atoms with Crippen LogP contribution in [-0.2, 0) is 11.2 Å². The second kappa shape index (κ2) is 5.12. The number of hydrogen-bond donors (Lipinski definition) is 2. The number of hydrogen-bond acceptors (Lipinski definition) is 2. The van der Waals surface area contributed by atoms with Gasteiger partial charge in [-0.2, -0.15) is 0 Å². The minimum Gasteiger partial charge on any atom is -0.353 e. The Bertz CT molecular complexity index is 350. The molecule has 3 heteroatoms. The average molecular weight is 218 g/mol. The molecule has 0 bridgehead atoms. The van der Waals surface area contributed by atoms with Crippen LogP contribution in [0.25, 0.3) is 0 Å². The fourth-order valence-corrected chi connectivity index (χ4v) is 2.03. The van der Waals surface area contributed by atoms with Gasteiger partial charge in [-0.1, -0.05) is 37.3 Å². The molecule has 0 spiro atoms. The van der Waals surface area contributed by atoms with Gasteiger partial charge in [-0.15, -0.1) is 0 Å². The topological polar surface area (TPSA) is 41.1 Å². The maximum absolute atomic E-state index is 11.7. The van der Waals surface area contributed by atoms with Gasteiger partial charge in [0.1, 0.15) is 0 Å².